The van der Waals surface area contributed by atoms with Crippen LogP contribution in [0.15, 0.2) is 43.1 Å². The topological polar surface area (TPSA) is 30.7 Å². The maximum atomic E-state index is 4.07. The zero-order valence-electron chi connectivity index (χ0n) is 5.88. The van der Waals surface area contributed by atoms with E-state index in [1.807, 2.05) is 35.2 Å². The zero-order valence-corrected chi connectivity index (χ0v) is 5.88. The van der Waals surface area contributed by atoms with Crippen LogP contribution in [0.4, 0.5) is 0 Å². The summed E-state index contributed by atoms with van der Waals surface area (Å²) in [6.45, 7) is 0. The number of nitrogens with zero attached hydrogens (tertiary/aromatic N) is 3. The van der Waals surface area contributed by atoms with Gasteiger partial charge in [-0.05, 0) is 18.2 Å². The van der Waals surface area contributed by atoms with Crippen LogP contribution >= 0.6 is 0 Å². The highest BCUT2D eigenvalue weighted by Crippen LogP contribution is 2.00. The van der Waals surface area contributed by atoms with Crippen molar-refractivity contribution in [2.75, 3.05) is 0 Å². The predicted molar refractivity (Wildman–Crippen MR) is 41.4 cm³/mol. The Kier molecular flexibility index (Phi) is 1.41. The van der Waals surface area contributed by atoms with Gasteiger partial charge in [-0.15, -0.1) is 0 Å². The fourth-order valence-corrected chi connectivity index (χ4v) is 0.924. The van der Waals surface area contributed by atoms with Crippen molar-refractivity contribution in [3.63, 3.8) is 0 Å². The van der Waals surface area contributed by atoms with E-state index in [1.54, 1.807) is 6.20 Å². The molecule has 0 aliphatic rings. The Morgan fingerprint density at radius 1 is 1.18 bits per heavy atom. The van der Waals surface area contributed by atoms with E-state index in [0.717, 1.165) is 5.82 Å². The van der Waals surface area contributed by atoms with Gasteiger partial charge in [0.05, 0.1) is 0 Å². The molecule has 0 N–H and O–H groups in total. The monoisotopic (exact) mass is 145 g/mol. The van der Waals surface area contributed by atoms with Crippen LogP contribution in [-0.2, 0) is 0 Å². The second-order valence-electron chi connectivity index (χ2n) is 2.16. The van der Waals surface area contributed by atoms with Gasteiger partial charge in [0, 0.05) is 18.6 Å². The molecule has 0 amide bonds. The minimum absolute atomic E-state index is 0.894. The summed E-state index contributed by atoms with van der Waals surface area (Å²) in [6.07, 6.45) is 7.16. The lowest BCUT2D eigenvalue weighted by Gasteiger charge is -1.97. The highest BCUT2D eigenvalue weighted by Gasteiger charge is 1.91. The van der Waals surface area contributed by atoms with Crippen molar-refractivity contribution < 1.29 is 0 Å². The first-order valence-corrected chi connectivity index (χ1v) is 3.36. The molecule has 0 unspecified atom stereocenters. The molecule has 2 rings (SSSR count). The lowest BCUT2D eigenvalue weighted by atomic mass is 10.6. The zero-order chi connectivity index (χ0) is 7.52. The average molecular weight is 145 g/mol. The molecule has 0 spiro atoms. The number of aromatic nitrogens is 3. The third-order valence-corrected chi connectivity index (χ3v) is 1.44. The molecule has 0 radical (unpaired) electrons. The minimum Gasteiger partial charge on any atom is -0.309 e. The molecule has 0 aliphatic carbocycles. The van der Waals surface area contributed by atoms with E-state index in [2.05, 4.69) is 9.97 Å². The fraction of sp³-hybridized carbons (Fsp3) is 0. The van der Waals surface area contributed by atoms with Gasteiger partial charge in [-0.2, -0.15) is 0 Å². The van der Waals surface area contributed by atoms with Crippen LogP contribution in [-0.4, -0.2) is 14.5 Å². The Labute approximate surface area is 64.3 Å². The first-order chi connectivity index (χ1) is 5.47. The summed E-state index contributed by atoms with van der Waals surface area (Å²) in [6, 6.07) is 5.78. The largest absolute Gasteiger partial charge is 0.309 e. The first-order valence-electron chi connectivity index (χ1n) is 3.36. The van der Waals surface area contributed by atoms with E-state index in [-0.39, 0.29) is 0 Å². The molecule has 3 heteroatoms. The van der Waals surface area contributed by atoms with Crippen LogP contribution in [0.25, 0.3) is 5.82 Å². The standard InChI is InChI=1S/C8H7N3/c1-2-6-11(5-1)8-3-4-9-7-10-8/h1-7H. The van der Waals surface area contributed by atoms with Gasteiger partial charge in [0.25, 0.3) is 0 Å². The maximum Gasteiger partial charge on any atom is 0.139 e. The normalized spacial score (nSPS) is 9.82. The molecule has 0 aliphatic heterocycles. The van der Waals surface area contributed by atoms with Gasteiger partial charge in [0.2, 0.25) is 0 Å². The van der Waals surface area contributed by atoms with Crippen molar-refractivity contribution in [2.45, 2.75) is 0 Å². The van der Waals surface area contributed by atoms with Gasteiger partial charge >= 0.3 is 0 Å². The molecule has 0 saturated carbocycles. The van der Waals surface area contributed by atoms with Crippen LogP contribution < -0.4 is 0 Å². The summed E-state index contributed by atoms with van der Waals surface area (Å²) in [5.74, 6) is 0.894. The summed E-state index contributed by atoms with van der Waals surface area (Å²) >= 11 is 0. The number of hydrogen-bond acceptors (Lipinski definition) is 2. The number of rotatable bonds is 1. The minimum atomic E-state index is 0.894. The molecule has 2 aromatic rings. The third-order valence-electron chi connectivity index (χ3n) is 1.44. The molecule has 54 valence electrons. The molecule has 0 atom stereocenters. The predicted octanol–water partition coefficient (Wildman–Crippen LogP) is 1.27. The summed E-state index contributed by atoms with van der Waals surface area (Å²) in [5.41, 5.74) is 0. The van der Waals surface area contributed by atoms with Gasteiger partial charge in [-0.1, -0.05) is 0 Å². The molecule has 11 heavy (non-hydrogen) atoms. The van der Waals surface area contributed by atoms with Gasteiger partial charge in [-0.3, -0.25) is 0 Å². The van der Waals surface area contributed by atoms with Gasteiger partial charge in [0.15, 0.2) is 0 Å². The molecule has 3 nitrogen and oxygen atoms in total. The van der Waals surface area contributed by atoms with E-state index in [0.29, 0.717) is 0 Å². The van der Waals surface area contributed by atoms with Gasteiger partial charge in [0.1, 0.15) is 12.1 Å². The van der Waals surface area contributed by atoms with Crippen LogP contribution in [0.1, 0.15) is 0 Å². The Bertz CT molecular complexity index is 312. The highest BCUT2D eigenvalue weighted by molar-refractivity contribution is 5.20. The smallest absolute Gasteiger partial charge is 0.139 e. The summed E-state index contributed by atoms with van der Waals surface area (Å²) in [4.78, 5) is 7.90. The van der Waals surface area contributed by atoms with Crippen molar-refractivity contribution in [2.24, 2.45) is 0 Å². The summed E-state index contributed by atoms with van der Waals surface area (Å²) in [7, 11) is 0. The van der Waals surface area contributed by atoms with Crippen LogP contribution in [0.3, 0.4) is 0 Å². The Balaban J connectivity index is 2.46. The quantitative estimate of drug-likeness (QED) is 0.605. The third kappa shape index (κ3) is 1.12. The van der Waals surface area contributed by atoms with Crippen molar-refractivity contribution in [1.29, 1.82) is 0 Å². The summed E-state index contributed by atoms with van der Waals surface area (Å²) in [5, 5.41) is 0. The van der Waals surface area contributed by atoms with E-state index in [4.69, 9.17) is 0 Å². The second-order valence-corrected chi connectivity index (χ2v) is 2.16. The SMILES string of the molecule is c1ccn(-c2ccncn2)c1. The van der Waals surface area contributed by atoms with E-state index >= 15 is 0 Å². The molecule has 0 aromatic carbocycles. The van der Waals surface area contributed by atoms with Crippen molar-refractivity contribution in [3.05, 3.63) is 43.1 Å². The molecular weight excluding hydrogens is 138 g/mol. The maximum absolute atomic E-state index is 4.07. The first kappa shape index (κ1) is 6.09. The number of hydrogen-bond donors (Lipinski definition) is 0. The molecule has 0 bridgehead atoms. The van der Waals surface area contributed by atoms with Crippen molar-refractivity contribution >= 4 is 0 Å². The van der Waals surface area contributed by atoms with Crippen LogP contribution in [0.2, 0.25) is 0 Å². The average Bonchev–Trinajstić information content (AvgIpc) is 2.58. The van der Waals surface area contributed by atoms with Crippen LogP contribution in [0, 0.1) is 0 Å². The molecular formula is C8H7N3. The van der Waals surface area contributed by atoms with Gasteiger partial charge in [-0.25, -0.2) is 9.97 Å². The lowest BCUT2D eigenvalue weighted by molar-refractivity contribution is 0.983. The second kappa shape index (κ2) is 2.54. The van der Waals surface area contributed by atoms with E-state index in [9.17, 15) is 0 Å². The Morgan fingerprint density at radius 2 is 2.00 bits per heavy atom. The van der Waals surface area contributed by atoms with Gasteiger partial charge < -0.3 is 4.57 Å². The molecule has 0 saturated heterocycles. The van der Waals surface area contributed by atoms with Crippen molar-refractivity contribution in [3.8, 4) is 5.82 Å². The lowest BCUT2D eigenvalue weighted by Crippen LogP contribution is -1.92. The molecule has 2 aromatic heterocycles. The molecule has 2 heterocycles. The fourth-order valence-electron chi connectivity index (χ4n) is 0.924. The van der Waals surface area contributed by atoms with E-state index in [1.165, 1.54) is 6.33 Å². The highest BCUT2D eigenvalue weighted by atomic mass is 15.0. The summed E-state index contributed by atoms with van der Waals surface area (Å²) < 4.78 is 1.93. The van der Waals surface area contributed by atoms with Crippen LogP contribution in [0.5, 0.6) is 0 Å². The molecule has 0 fully saturated rings. The van der Waals surface area contributed by atoms with Crippen molar-refractivity contribution in [1.82, 2.24) is 14.5 Å². The van der Waals surface area contributed by atoms with E-state index < -0.39 is 0 Å². The Hall–Kier alpha value is -1.64. The Morgan fingerprint density at radius 3 is 2.64 bits per heavy atom.